The molecular formula is C10H8ClN3O. The fourth-order valence-electron chi connectivity index (χ4n) is 1.05. The van der Waals surface area contributed by atoms with Crippen molar-refractivity contribution in [3.8, 4) is 11.6 Å². The molecule has 2 rings (SSSR count). The summed E-state index contributed by atoms with van der Waals surface area (Å²) < 4.78 is 5.41. The standard InChI is InChI=1S/C10H8ClN3O/c11-7-3-4-8(12)9(6-7)15-10-2-1-5-13-14-10/h1-6H,12H2. The maximum atomic E-state index is 5.81. The number of halogens is 1. The molecule has 0 saturated carbocycles. The van der Waals surface area contributed by atoms with E-state index in [2.05, 4.69) is 10.2 Å². The molecule has 2 aromatic rings. The number of nitrogens with zero attached hydrogens (tertiary/aromatic N) is 2. The van der Waals surface area contributed by atoms with Crippen molar-refractivity contribution in [3.05, 3.63) is 41.6 Å². The number of benzene rings is 1. The van der Waals surface area contributed by atoms with Crippen LogP contribution in [0.2, 0.25) is 5.02 Å². The third-order valence-electron chi connectivity index (χ3n) is 1.74. The first-order valence-corrected chi connectivity index (χ1v) is 4.64. The van der Waals surface area contributed by atoms with Gasteiger partial charge in [0.25, 0.3) is 0 Å². The van der Waals surface area contributed by atoms with Gasteiger partial charge in [-0.3, -0.25) is 0 Å². The highest BCUT2D eigenvalue weighted by Gasteiger charge is 2.03. The van der Waals surface area contributed by atoms with Crippen LogP contribution in [-0.2, 0) is 0 Å². The number of aromatic nitrogens is 2. The van der Waals surface area contributed by atoms with Crippen LogP contribution in [-0.4, -0.2) is 10.2 Å². The second kappa shape index (κ2) is 4.14. The molecule has 0 aliphatic rings. The Bertz CT molecular complexity index is 461. The highest BCUT2D eigenvalue weighted by Crippen LogP contribution is 2.28. The van der Waals surface area contributed by atoms with Gasteiger partial charge in [-0.05, 0) is 18.2 Å². The summed E-state index contributed by atoms with van der Waals surface area (Å²) in [6.45, 7) is 0. The molecule has 0 aliphatic carbocycles. The zero-order valence-corrected chi connectivity index (χ0v) is 8.48. The van der Waals surface area contributed by atoms with E-state index in [0.29, 0.717) is 22.3 Å². The van der Waals surface area contributed by atoms with Crippen LogP contribution in [0, 0.1) is 0 Å². The van der Waals surface area contributed by atoms with Crippen molar-refractivity contribution in [3.63, 3.8) is 0 Å². The Kier molecular flexibility index (Phi) is 2.69. The van der Waals surface area contributed by atoms with Crippen molar-refractivity contribution in [1.82, 2.24) is 10.2 Å². The summed E-state index contributed by atoms with van der Waals surface area (Å²) in [6.07, 6.45) is 1.56. The Morgan fingerprint density at radius 2 is 2.13 bits per heavy atom. The van der Waals surface area contributed by atoms with E-state index in [1.165, 1.54) is 0 Å². The van der Waals surface area contributed by atoms with Crippen LogP contribution in [0.4, 0.5) is 5.69 Å². The largest absolute Gasteiger partial charge is 0.435 e. The minimum absolute atomic E-state index is 0.381. The van der Waals surface area contributed by atoms with E-state index in [9.17, 15) is 0 Å². The first kappa shape index (κ1) is 9.73. The van der Waals surface area contributed by atoms with Gasteiger partial charge in [-0.15, -0.1) is 5.10 Å². The Balaban J connectivity index is 2.28. The van der Waals surface area contributed by atoms with Gasteiger partial charge < -0.3 is 10.5 Å². The molecule has 0 atom stereocenters. The van der Waals surface area contributed by atoms with Crippen molar-refractivity contribution in [2.75, 3.05) is 5.73 Å². The minimum atomic E-state index is 0.381. The van der Waals surface area contributed by atoms with Gasteiger partial charge in [-0.1, -0.05) is 11.6 Å². The molecule has 0 unspecified atom stereocenters. The SMILES string of the molecule is Nc1ccc(Cl)cc1Oc1cccnn1. The van der Waals surface area contributed by atoms with Crippen LogP contribution >= 0.6 is 11.6 Å². The highest BCUT2D eigenvalue weighted by atomic mass is 35.5. The van der Waals surface area contributed by atoms with Crippen molar-refractivity contribution in [2.45, 2.75) is 0 Å². The van der Waals surface area contributed by atoms with Gasteiger partial charge in [0.15, 0.2) is 5.75 Å². The van der Waals surface area contributed by atoms with Gasteiger partial charge >= 0.3 is 0 Å². The lowest BCUT2D eigenvalue weighted by Gasteiger charge is -2.06. The first-order chi connectivity index (χ1) is 7.25. The van der Waals surface area contributed by atoms with Gasteiger partial charge in [0, 0.05) is 23.4 Å². The second-order valence-corrected chi connectivity index (χ2v) is 3.28. The maximum Gasteiger partial charge on any atom is 0.238 e. The molecule has 1 aromatic heterocycles. The average molecular weight is 222 g/mol. The fourth-order valence-corrected chi connectivity index (χ4v) is 1.21. The van der Waals surface area contributed by atoms with E-state index in [1.807, 2.05) is 0 Å². The quantitative estimate of drug-likeness (QED) is 0.792. The summed E-state index contributed by atoms with van der Waals surface area (Å²) in [5, 5.41) is 8.02. The van der Waals surface area contributed by atoms with E-state index >= 15 is 0 Å². The summed E-state index contributed by atoms with van der Waals surface area (Å²) in [6, 6.07) is 8.41. The molecule has 4 nitrogen and oxygen atoms in total. The molecule has 1 aromatic carbocycles. The molecule has 1 heterocycles. The molecular weight excluding hydrogens is 214 g/mol. The Morgan fingerprint density at radius 1 is 1.27 bits per heavy atom. The second-order valence-electron chi connectivity index (χ2n) is 2.85. The number of anilines is 1. The van der Waals surface area contributed by atoms with E-state index in [-0.39, 0.29) is 0 Å². The van der Waals surface area contributed by atoms with E-state index in [1.54, 1.807) is 36.5 Å². The van der Waals surface area contributed by atoms with Gasteiger partial charge in [0.1, 0.15) is 0 Å². The van der Waals surface area contributed by atoms with E-state index in [0.717, 1.165) is 0 Å². The van der Waals surface area contributed by atoms with E-state index in [4.69, 9.17) is 22.1 Å². The van der Waals surface area contributed by atoms with Gasteiger partial charge in [-0.2, -0.15) is 5.10 Å². The third-order valence-corrected chi connectivity index (χ3v) is 1.97. The minimum Gasteiger partial charge on any atom is -0.435 e. The third kappa shape index (κ3) is 2.35. The molecule has 0 spiro atoms. The first-order valence-electron chi connectivity index (χ1n) is 4.26. The number of nitrogens with two attached hydrogens (primary N) is 1. The Morgan fingerprint density at radius 3 is 2.87 bits per heavy atom. The molecule has 0 aliphatic heterocycles. The predicted octanol–water partition coefficient (Wildman–Crippen LogP) is 2.50. The van der Waals surface area contributed by atoms with E-state index < -0.39 is 0 Å². The molecule has 0 bridgehead atoms. The van der Waals surface area contributed by atoms with Crippen LogP contribution < -0.4 is 10.5 Å². The van der Waals surface area contributed by atoms with Crippen LogP contribution in [0.5, 0.6) is 11.6 Å². The number of hydrogen-bond acceptors (Lipinski definition) is 4. The summed E-state index contributed by atoms with van der Waals surface area (Å²) >= 11 is 5.81. The zero-order chi connectivity index (χ0) is 10.7. The van der Waals surface area contributed by atoms with Crippen molar-refractivity contribution < 1.29 is 4.74 Å². The lowest BCUT2D eigenvalue weighted by atomic mass is 10.3. The monoisotopic (exact) mass is 221 g/mol. The fraction of sp³-hybridized carbons (Fsp3) is 0. The molecule has 0 fully saturated rings. The molecule has 0 radical (unpaired) electrons. The summed E-state index contributed by atoms with van der Waals surface area (Å²) in [5.74, 6) is 0.856. The van der Waals surface area contributed by atoms with Crippen molar-refractivity contribution >= 4 is 17.3 Å². The molecule has 0 saturated heterocycles. The van der Waals surface area contributed by atoms with Crippen LogP contribution in [0.15, 0.2) is 36.5 Å². The topological polar surface area (TPSA) is 61.0 Å². The number of rotatable bonds is 2. The summed E-state index contributed by atoms with van der Waals surface area (Å²) in [4.78, 5) is 0. The zero-order valence-electron chi connectivity index (χ0n) is 7.72. The molecule has 5 heteroatoms. The lowest BCUT2D eigenvalue weighted by molar-refractivity contribution is 0.457. The van der Waals surface area contributed by atoms with Crippen LogP contribution in [0.25, 0.3) is 0 Å². The van der Waals surface area contributed by atoms with Crippen molar-refractivity contribution in [2.24, 2.45) is 0 Å². The van der Waals surface area contributed by atoms with Gasteiger partial charge in [0.05, 0.1) is 5.69 Å². The molecule has 0 amide bonds. The van der Waals surface area contributed by atoms with Crippen molar-refractivity contribution in [1.29, 1.82) is 0 Å². The van der Waals surface area contributed by atoms with Crippen LogP contribution in [0.1, 0.15) is 0 Å². The van der Waals surface area contributed by atoms with Gasteiger partial charge in [0.2, 0.25) is 5.88 Å². The lowest BCUT2D eigenvalue weighted by Crippen LogP contribution is -1.94. The highest BCUT2D eigenvalue weighted by molar-refractivity contribution is 6.30. The predicted molar refractivity (Wildman–Crippen MR) is 58.0 cm³/mol. The Labute approximate surface area is 91.7 Å². The smallest absolute Gasteiger partial charge is 0.238 e. The number of nitrogen functional groups attached to an aromatic ring is 1. The number of ether oxygens (including phenoxy) is 1. The average Bonchev–Trinajstić information content (AvgIpc) is 2.25. The Hall–Kier alpha value is -1.81. The summed E-state index contributed by atoms with van der Waals surface area (Å²) in [5.41, 5.74) is 6.21. The summed E-state index contributed by atoms with van der Waals surface area (Å²) in [7, 11) is 0. The molecule has 2 N–H and O–H groups in total. The maximum absolute atomic E-state index is 5.81. The van der Waals surface area contributed by atoms with Crippen LogP contribution in [0.3, 0.4) is 0 Å². The number of hydrogen-bond donors (Lipinski definition) is 1. The molecule has 76 valence electrons. The van der Waals surface area contributed by atoms with Gasteiger partial charge in [-0.25, -0.2) is 0 Å². The molecule has 15 heavy (non-hydrogen) atoms. The normalized spacial score (nSPS) is 9.93.